The van der Waals surface area contributed by atoms with Crippen LogP contribution in [0.5, 0.6) is 0 Å². The Morgan fingerprint density at radius 2 is 1.93 bits per heavy atom. The van der Waals surface area contributed by atoms with E-state index in [9.17, 15) is 14.9 Å². The second-order valence-electron chi connectivity index (χ2n) is 12.6. The molecule has 3 heterocycles. The standard InChI is InChI=1S/C29H40BrClN6O3/c1-28(2,3)40-27(39)36-13-12-35(17-20(36)9-10-32)29(4,5)16-24-21-14-23(31)22(30)15-25(21)37(26(38)33-24)18-19-8-7-11-34(19)6/h14-15,19-20H,7-9,11-13,16-18H2,1-6H3/t19-,20-/m0/s1. The van der Waals surface area contributed by atoms with Crippen molar-refractivity contribution in [1.82, 2.24) is 24.3 Å². The molecule has 2 fully saturated rings. The summed E-state index contributed by atoms with van der Waals surface area (Å²) in [7, 11) is 2.10. The Balaban J connectivity index is 1.63. The molecule has 2 aromatic rings. The normalized spacial score (nSPS) is 21.1. The van der Waals surface area contributed by atoms with Gasteiger partial charge in [-0.25, -0.2) is 9.59 Å². The molecule has 9 nitrogen and oxygen atoms in total. The number of hydrogen-bond donors (Lipinski definition) is 0. The van der Waals surface area contributed by atoms with E-state index in [0.717, 1.165) is 34.8 Å². The maximum Gasteiger partial charge on any atom is 0.410 e. The predicted octanol–water partition coefficient (Wildman–Crippen LogP) is 5.06. The van der Waals surface area contributed by atoms with Gasteiger partial charge in [-0.05, 0) is 89.1 Å². The molecule has 0 aliphatic carbocycles. The lowest BCUT2D eigenvalue weighted by molar-refractivity contribution is -0.0178. The number of rotatable bonds is 6. The summed E-state index contributed by atoms with van der Waals surface area (Å²) in [6, 6.07) is 6.05. The Morgan fingerprint density at radius 1 is 1.20 bits per heavy atom. The second-order valence-corrected chi connectivity index (χ2v) is 13.9. The quantitative estimate of drug-likeness (QED) is 0.438. The highest BCUT2D eigenvalue weighted by molar-refractivity contribution is 9.10. The van der Waals surface area contributed by atoms with Crippen molar-refractivity contribution >= 4 is 44.5 Å². The first-order valence-electron chi connectivity index (χ1n) is 13.9. The number of likely N-dealkylation sites (tertiary alicyclic amines) is 1. The summed E-state index contributed by atoms with van der Waals surface area (Å²) in [5.41, 5.74) is 0.240. The number of nitriles is 1. The van der Waals surface area contributed by atoms with E-state index in [1.54, 1.807) is 9.47 Å². The van der Waals surface area contributed by atoms with Crippen LogP contribution in [0.2, 0.25) is 5.02 Å². The van der Waals surface area contributed by atoms with E-state index < -0.39 is 17.2 Å². The molecule has 0 saturated carbocycles. The van der Waals surface area contributed by atoms with Crippen LogP contribution in [0.25, 0.3) is 10.9 Å². The van der Waals surface area contributed by atoms with E-state index >= 15 is 0 Å². The zero-order valence-corrected chi connectivity index (χ0v) is 26.7. The third-order valence-corrected chi connectivity index (χ3v) is 9.26. The molecule has 2 atom stereocenters. The van der Waals surface area contributed by atoms with Crippen LogP contribution in [0.4, 0.5) is 4.79 Å². The average molecular weight is 636 g/mol. The molecule has 1 aromatic carbocycles. The van der Waals surface area contributed by atoms with Crippen LogP contribution in [0.3, 0.4) is 0 Å². The Kier molecular flexibility index (Phi) is 9.20. The van der Waals surface area contributed by atoms with Gasteiger partial charge in [0.15, 0.2) is 0 Å². The molecule has 0 spiro atoms. The van der Waals surface area contributed by atoms with Crippen LogP contribution in [0.1, 0.15) is 59.6 Å². The molecule has 11 heteroatoms. The summed E-state index contributed by atoms with van der Waals surface area (Å²) < 4.78 is 8.13. The molecular weight excluding hydrogens is 596 g/mol. The summed E-state index contributed by atoms with van der Waals surface area (Å²) in [6.45, 7) is 13.0. The van der Waals surface area contributed by atoms with Crippen LogP contribution in [0.15, 0.2) is 21.4 Å². The number of ether oxygens (including phenoxy) is 1. The molecule has 2 aliphatic heterocycles. The lowest BCUT2D eigenvalue weighted by Gasteiger charge is -2.47. The van der Waals surface area contributed by atoms with Gasteiger partial charge in [-0.3, -0.25) is 9.47 Å². The monoisotopic (exact) mass is 634 g/mol. The number of carbonyl (C=O) groups excluding carboxylic acids is 1. The number of piperazine rings is 1. The van der Waals surface area contributed by atoms with E-state index in [1.807, 2.05) is 32.9 Å². The molecule has 1 aromatic heterocycles. The molecule has 2 aliphatic rings. The highest BCUT2D eigenvalue weighted by Gasteiger charge is 2.39. The van der Waals surface area contributed by atoms with Gasteiger partial charge in [0.2, 0.25) is 0 Å². The summed E-state index contributed by atoms with van der Waals surface area (Å²) in [4.78, 5) is 37.2. The van der Waals surface area contributed by atoms with Gasteiger partial charge >= 0.3 is 11.8 Å². The molecule has 2 saturated heterocycles. The van der Waals surface area contributed by atoms with Crippen LogP contribution in [-0.2, 0) is 17.7 Å². The molecule has 0 N–H and O–H groups in total. The Labute approximate surface area is 250 Å². The minimum Gasteiger partial charge on any atom is -0.444 e. The summed E-state index contributed by atoms with van der Waals surface area (Å²) in [6.07, 6.45) is 2.49. The van der Waals surface area contributed by atoms with Crippen molar-refractivity contribution in [2.45, 2.75) is 90.1 Å². The van der Waals surface area contributed by atoms with Crippen LogP contribution < -0.4 is 5.69 Å². The van der Waals surface area contributed by atoms with E-state index in [0.29, 0.717) is 43.3 Å². The first-order valence-corrected chi connectivity index (χ1v) is 15.1. The Morgan fingerprint density at radius 3 is 2.55 bits per heavy atom. The zero-order valence-electron chi connectivity index (χ0n) is 24.3. The fourth-order valence-corrected chi connectivity index (χ4v) is 6.32. The maximum absolute atomic E-state index is 13.5. The van der Waals surface area contributed by atoms with Gasteiger partial charge in [0.1, 0.15) is 5.60 Å². The number of benzene rings is 1. The van der Waals surface area contributed by atoms with Gasteiger partial charge in [-0.15, -0.1) is 0 Å². The second kappa shape index (κ2) is 12.0. The SMILES string of the molecule is CN1CCC[C@H]1Cn1c(=O)nc(CC(C)(C)N2CCN(C(=O)OC(C)(C)C)[C@@H](CC#N)C2)c2cc(Cl)c(Br)cc21. The molecule has 0 unspecified atom stereocenters. The number of amides is 1. The summed E-state index contributed by atoms with van der Waals surface area (Å²) >= 11 is 10.1. The van der Waals surface area contributed by atoms with Crippen LogP contribution >= 0.6 is 27.5 Å². The van der Waals surface area contributed by atoms with E-state index in [-0.39, 0.29) is 24.2 Å². The fraction of sp³-hybridized carbons (Fsp3) is 0.655. The van der Waals surface area contributed by atoms with Gasteiger partial charge in [0.05, 0.1) is 34.8 Å². The Bertz CT molecular complexity index is 1360. The number of likely N-dealkylation sites (N-methyl/N-ethyl adjacent to an activating group) is 1. The fourth-order valence-electron chi connectivity index (χ4n) is 5.83. The van der Waals surface area contributed by atoms with Crippen molar-refractivity contribution in [1.29, 1.82) is 5.26 Å². The number of hydrogen-bond acceptors (Lipinski definition) is 7. The minimum absolute atomic E-state index is 0.211. The summed E-state index contributed by atoms with van der Waals surface area (Å²) in [5, 5.41) is 10.9. The van der Waals surface area contributed by atoms with Crippen LogP contribution in [0, 0.1) is 11.3 Å². The molecule has 4 rings (SSSR count). The van der Waals surface area contributed by atoms with Gasteiger partial charge in [0.25, 0.3) is 0 Å². The van der Waals surface area contributed by atoms with Crippen molar-refractivity contribution in [2.75, 3.05) is 33.2 Å². The molecule has 0 bridgehead atoms. The van der Waals surface area contributed by atoms with E-state index in [2.05, 4.69) is 57.7 Å². The number of nitrogens with zero attached hydrogens (tertiary/aromatic N) is 6. The van der Waals surface area contributed by atoms with Crippen molar-refractivity contribution in [3.63, 3.8) is 0 Å². The summed E-state index contributed by atoms with van der Waals surface area (Å²) in [5.74, 6) is 0. The average Bonchev–Trinajstić information content (AvgIpc) is 3.26. The van der Waals surface area contributed by atoms with Crippen molar-refractivity contribution < 1.29 is 9.53 Å². The minimum atomic E-state index is -0.610. The van der Waals surface area contributed by atoms with Gasteiger partial charge < -0.3 is 14.5 Å². The predicted molar refractivity (Wildman–Crippen MR) is 161 cm³/mol. The topological polar surface area (TPSA) is 94.7 Å². The Hall–Kier alpha value is -2.19. The zero-order chi connectivity index (χ0) is 29.4. The highest BCUT2D eigenvalue weighted by Crippen LogP contribution is 2.32. The number of fused-ring (bicyclic) bond motifs is 1. The lowest BCUT2D eigenvalue weighted by Crippen LogP contribution is -2.61. The molecule has 40 heavy (non-hydrogen) atoms. The number of aromatic nitrogens is 2. The third kappa shape index (κ3) is 6.81. The van der Waals surface area contributed by atoms with Crippen LogP contribution in [-0.4, -0.2) is 86.8 Å². The third-order valence-electron chi connectivity index (χ3n) is 8.06. The first kappa shape index (κ1) is 30.8. The largest absolute Gasteiger partial charge is 0.444 e. The molecule has 0 radical (unpaired) electrons. The van der Waals surface area contributed by atoms with E-state index in [4.69, 9.17) is 16.3 Å². The molecule has 218 valence electrons. The van der Waals surface area contributed by atoms with Crippen molar-refractivity contribution in [2.24, 2.45) is 0 Å². The van der Waals surface area contributed by atoms with Crippen molar-refractivity contribution in [3.05, 3.63) is 37.8 Å². The molecule has 1 amide bonds. The smallest absolute Gasteiger partial charge is 0.410 e. The van der Waals surface area contributed by atoms with E-state index in [1.165, 1.54) is 0 Å². The first-order chi connectivity index (χ1) is 18.7. The molecular formula is C29H40BrClN6O3. The number of carbonyl (C=O) groups is 1. The lowest BCUT2D eigenvalue weighted by atomic mass is 9.92. The van der Waals surface area contributed by atoms with Gasteiger partial charge in [-0.1, -0.05) is 11.6 Å². The maximum atomic E-state index is 13.5. The van der Waals surface area contributed by atoms with Gasteiger partial charge in [-0.2, -0.15) is 10.2 Å². The number of halogens is 2. The van der Waals surface area contributed by atoms with Gasteiger partial charge in [0, 0.05) is 54.0 Å². The highest BCUT2D eigenvalue weighted by atomic mass is 79.9. The van der Waals surface area contributed by atoms with Crippen molar-refractivity contribution in [3.8, 4) is 6.07 Å².